The summed E-state index contributed by atoms with van der Waals surface area (Å²) < 4.78 is 17.5. The van der Waals surface area contributed by atoms with Gasteiger partial charge in [0.2, 0.25) is 0 Å². The lowest BCUT2D eigenvalue weighted by molar-refractivity contribution is 0.0521. The van der Waals surface area contributed by atoms with Gasteiger partial charge in [-0.3, -0.25) is 0 Å². The molecule has 2 aromatic rings. The van der Waals surface area contributed by atoms with Gasteiger partial charge >= 0.3 is 0 Å². The predicted molar refractivity (Wildman–Crippen MR) is 125 cm³/mol. The lowest BCUT2D eigenvalue weighted by Gasteiger charge is -2.28. The third kappa shape index (κ3) is 6.98. The van der Waals surface area contributed by atoms with E-state index in [0.717, 1.165) is 50.2 Å². The van der Waals surface area contributed by atoms with Crippen LogP contribution >= 0.6 is 0 Å². The smallest absolute Gasteiger partial charge is 0.134 e. The van der Waals surface area contributed by atoms with Crippen LogP contribution in [-0.4, -0.2) is 36.1 Å². The standard InChI is InChI=1S/C27H38O4/c1-5-20(6-2)17-23(28)18-29-24-12-8-21(9-13-24)16-22-10-14-25(15-11-22)31-27(4,7-3)26-19-30-26/h8-15,20,23,26,28H,5-7,16-19H2,1-4H3. The Labute approximate surface area is 187 Å². The van der Waals surface area contributed by atoms with Crippen molar-refractivity contribution in [1.82, 2.24) is 0 Å². The number of hydrogen-bond acceptors (Lipinski definition) is 4. The van der Waals surface area contributed by atoms with Gasteiger partial charge in [-0.1, -0.05) is 57.9 Å². The molecule has 3 unspecified atom stereocenters. The van der Waals surface area contributed by atoms with E-state index in [-0.39, 0.29) is 11.7 Å². The zero-order valence-electron chi connectivity index (χ0n) is 19.5. The molecule has 0 radical (unpaired) electrons. The van der Waals surface area contributed by atoms with Crippen LogP contribution in [0.15, 0.2) is 48.5 Å². The van der Waals surface area contributed by atoms with E-state index in [2.05, 4.69) is 52.0 Å². The second-order valence-electron chi connectivity index (χ2n) is 8.94. The van der Waals surface area contributed by atoms with Crippen LogP contribution < -0.4 is 9.47 Å². The maximum Gasteiger partial charge on any atom is 0.134 e. The van der Waals surface area contributed by atoms with E-state index in [1.54, 1.807) is 0 Å². The zero-order chi connectivity index (χ0) is 22.3. The second kappa shape index (κ2) is 11.0. The Bertz CT molecular complexity index is 778. The van der Waals surface area contributed by atoms with E-state index < -0.39 is 6.10 Å². The molecule has 1 N–H and O–H groups in total. The molecule has 1 saturated heterocycles. The van der Waals surface area contributed by atoms with E-state index in [1.165, 1.54) is 11.1 Å². The van der Waals surface area contributed by atoms with Gasteiger partial charge in [0.05, 0.1) is 12.7 Å². The van der Waals surface area contributed by atoms with Crippen molar-refractivity contribution in [3.05, 3.63) is 59.7 Å². The number of benzene rings is 2. The molecule has 0 saturated carbocycles. The molecule has 0 amide bonds. The highest BCUT2D eigenvalue weighted by molar-refractivity contribution is 5.34. The van der Waals surface area contributed by atoms with E-state index in [0.29, 0.717) is 12.5 Å². The largest absolute Gasteiger partial charge is 0.491 e. The van der Waals surface area contributed by atoms with Gasteiger partial charge in [0, 0.05) is 0 Å². The third-order valence-corrected chi connectivity index (χ3v) is 6.52. The van der Waals surface area contributed by atoms with Crippen LogP contribution in [-0.2, 0) is 11.2 Å². The minimum atomic E-state index is -0.411. The van der Waals surface area contributed by atoms with Crippen LogP contribution in [0.1, 0.15) is 64.5 Å². The topological polar surface area (TPSA) is 51.2 Å². The van der Waals surface area contributed by atoms with Gasteiger partial charge in [0.25, 0.3) is 0 Å². The first kappa shape index (κ1) is 23.6. The van der Waals surface area contributed by atoms with Crippen molar-refractivity contribution in [3.63, 3.8) is 0 Å². The van der Waals surface area contributed by atoms with Crippen molar-refractivity contribution >= 4 is 0 Å². The van der Waals surface area contributed by atoms with Crippen molar-refractivity contribution in [2.75, 3.05) is 13.2 Å². The van der Waals surface area contributed by atoms with Crippen LogP contribution in [0.5, 0.6) is 11.5 Å². The van der Waals surface area contributed by atoms with Crippen molar-refractivity contribution in [2.24, 2.45) is 5.92 Å². The molecule has 1 aliphatic rings. The van der Waals surface area contributed by atoms with E-state index in [4.69, 9.17) is 14.2 Å². The Morgan fingerprint density at radius 3 is 2.00 bits per heavy atom. The summed E-state index contributed by atoms with van der Waals surface area (Å²) in [6.07, 6.45) is 4.57. The molecule has 0 spiro atoms. The first-order valence-corrected chi connectivity index (χ1v) is 11.7. The van der Waals surface area contributed by atoms with Crippen molar-refractivity contribution < 1.29 is 19.3 Å². The molecular weight excluding hydrogens is 388 g/mol. The summed E-state index contributed by atoms with van der Waals surface area (Å²) in [5.41, 5.74) is 2.21. The van der Waals surface area contributed by atoms with Crippen molar-refractivity contribution in [1.29, 1.82) is 0 Å². The molecule has 0 aliphatic carbocycles. The monoisotopic (exact) mass is 426 g/mol. The predicted octanol–water partition coefficient (Wildman–Crippen LogP) is 5.79. The van der Waals surface area contributed by atoms with Crippen LogP contribution in [0.3, 0.4) is 0 Å². The highest BCUT2D eigenvalue weighted by Gasteiger charge is 2.44. The molecule has 4 heteroatoms. The summed E-state index contributed by atoms with van der Waals surface area (Å²) in [4.78, 5) is 0. The number of hydrogen-bond donors (Lipinski definition) is 1. The first-order valence-electron chi connectivity index (χ1n) is 11.7. The molecule has 3 rings (SSSR count). The van der Waals surface area contributed by atoms with Gasteiger partial charge in [-0.15, -0.1) is 0 Å². The van der Waals surface area contributed by atoms with Crippen molar-refractivity contribution in [3.8, 4) is 11.5 Å². The zero-order valence-corrected chi connectivity index (χ0v) is 19.5. The fourth-order valence-electron chi connectivity index (χ4n) is 3.92. The second-order valence-corrected chi connectivity index (χ2v) is 8.94. The highest BCUT2D eigenvalue weighted by Crippen LogP contribution is 2.32. The lowest BCUT2D eigenvalue weighted by atomic mass is 9.96. The summed E-state index contributed by atoms with van der Waals surface area (Å²) >= 11 is 0. The van der Waals surface area contributed by atoms with Crippen LogP contribution in [0, 0.1) is 5.92 Å². The SMILES string of the molecule is CCC(CC)CC(O)COc1ccc(Cc2ccc(OC(C)(CC)C3CO3)cc2)cc1. The number of epoxide rings is 1. The van der Waals surface area contributed by atoms with Gasteiger partial charge in [0.15, 0.2) is 0 Å². The Hall–Kier alpha value is -2.04. The fourth-order valence-corrected chi connectivity index (χ4v) is 3.92. The Balaban J connectivity index is 1.48. The van der Waals surface area contributed by atoms with E-state index in [1.807, 2.05) is 24.3 Å². The van der Waals surface area contributed by atoms with Gasteiger partial charge in [-0.25, -0.2) is 0 Å². The average molecular weight is 427 g/mol. The first-order chi connectivity index (χ1) is 15.0. The lowest BCUT2D eigenvalue weighted by Crippen LogP contribution is -2.37. The summed E-state index contributed by atoms with van der Waals surface area (Å²) in [6.45, 7) is 9.74. The summed E-state index contributed by atoms with van der Waals surface area (Å²) in [5.74, 6) is 2.26. The van der Waals surface area contributed by atoms with E-state index >= 15 is 0 Å². The summed E-state index contributed by atoms with van der Waals surface area (Å²) in [7, 11) is 0. The quantitative estimate of drug-likeness (QED) is 0.412. The Kier molecular flexibility index (Phi) is 8.39. The molecule has 170 valence electrons. The normalized spacial score (nSPS) is 18.5. The van der Waals surface area contributed by atoms with Gasteiger partial charge < -0.3 is 19.3 Å². The van der Waals surface area contributed by atoms with Crippen LogP contribution in [0.25, 0.3) is 0 Å². The van der Waals surface area contributed by atoms with Crippen molar-refractivity contribution in [2.45, 2.75) is 77.6 Å². The molecule has 31 heavy (non-hydrogen) atoms. The minimum Gasteiger partial charge on any atom is -0.491 e. The molecule has 1 aliphatic heterocycles. The minimum absolute atomic E-state index is 0.207. The molecular formula is C27H38O4. The number of aliphatic hydroxyl groups is 1. The number of ether oxygens (including phenoxy) is 3. The van der Waals surface area contributed by atoms with Gasteiger partial charge in [-0.2, -0.15) is 0 Å². The maximum atomic E-state index is 10.2. The third-order valence-electron chi connectivity index (χ3n) is 6.52. The molecule has 2 aromatic carbocycles. The average Bonchev–Trinajstić information content (AvgIpc) is 3.64. The van der Waals surface area contributed by atoms with Crippen LogP contribution in [0.2, 0.25) is 0 Å². The number of aliphatic hydroxyl groups excluding tert-OH is 1. The molecule has 1 fully saturated rings. The summed E-state index contributed by atoms with van der Waals surface area (Å²) in [5, 5.41) is 10.2. The highest BCUT2D eigenvalue weighted by atomic mass is 16.6. The van der Waals surface area contributed by atoms with Crippen LogP contribution in [0.4, 0.5) is 0 Å². The van der Waals surface area contributed by atoms with E-state index in [9.17, 15) is 5.11 Å². The molecule has 0 bridgehead atoms. The molecule has 4 nitrogen and oxygen atoms in total. The molecule has 0 aromatic heterocycles. The molecule has 1 heterocycles. The Morgan fingerprint density at radius 2 is 1.52 bits per heavy atom. The van der Waals surface area contributed by atoms with Gasteiger partial charge in [0.1, 0.15) is 29.8 Å². The fraction of sp³-hybridized carbons (Fsp3) is 0.556. The molecule has 3 atom stereocenters. The Morgan fingerprint density at radius 1 is 0.968 bits per heavy atom. The van der Waals surface area contributed by atoms with Gasteiger partial charge in [-0.05, 0) is 67.5 Å². The number of rotatable bonds is 13. The maximum absolute atomic E-state index is 10.2. The summed E-state index contributed by atoms with van der Waals surface area (Å²) in [6, 6.07) is 16.5.